The van der Waals surface area contributed by atoms with Crippen molar-refractivity contribution < 1.29 is 4.74 Å². The quantitative estimate of drug-likeness (QED) is 0.474. The Labute approximate surface area is 160 Å². The van der Waals surface area contributed by atoms with Gasteiger partial charge < -0.3 is 10.5 Å². The lowest BCUT2D eigenvalue weighted by Gasteiger charge is -2.09. The molecule has 1 aromatic heterocycles. The van der Waals surface area contributed by atoms with Crippen LogP contribution in [0.5, 0.6) is 11.5 Å². The molecule has 0 atom stereocenters. The highest BCUT2D eigenvalue weighted by atomic mass is 35.5. The Morgan fingerprint density at radius 1 is 0.846 bits per heavy atom. The number of hydrogen-bond donors (Lipinski definition) is 1. The van der Waals surface area contributed by atoms with Gasteiger partial charge in [0.1, 0.15) is 17.3 Å². The summed E-state index contributed by atoms with van der Waals surface area (Å²) in [6.45, 7) is 0. The number of para-hydroxylation sites is 1. The molecule has 26 heavy (non-hydrogen) atoms. The summed E-state index contributed by atoms with van der Waals surface area (Å²) in [5.41, 5.74) is 7.71. The monoisotopic (exact) mass is 381 g/mol. The van der Waals surface area contributed by atoms with Gasteiger partial charge in [-0.05, 0) is 54.6 Å². The van der Waals surface area contributed by atoms with Gasteiger partial charge in [0.05, 0.1) is 10.5 Å². The van der Waals surface area contributed by atoms with E-state index in [0.717, 1.165) is 16.5 Å². The third kappa shape index (κ3) is 3.29. The molecule has 0 radical (unpaired) electrons. The van der Waals surface area contributed by atoms with Crippen LogP contribution in [-0.4, -0.2) is 9.97 Å². The highest BCUT2D eigenvalue weighted by Crippen LogP contribution is 2.32. The molecule has 0 aliphatic carbocycles. The van der Waals surface area contributed by atoms with Crippen LogP contribution in [0.15, 0.2) is 66.7 Å². The maximum Gasteiger partial charge on any atom is 0.162 e. The smallest absolute Gasteiger partial charge is 0.162 e. The van der Waals surface area contributed by atoms with E-state index in [1.807, 2.05) is 48.5 Å². The van der Waals surface area contributed by atoms with Crippen LogP contribution in [0.4, 0.5) is 5.82 Å². The summed E-state index contributed by atoms with van der Waals surface area (Å²) < 4.78 is 5.79. The molecule has 0 fully saturated rings. The van der Waals surface area contributed by atoms with Crippen molar-refractivity contribution in [1.29, 1.82) is 0 Å². The molecule has 3 aromatic carbocycles. The molecule has 0 amide bonds. The first-order valence-corrected chi connectivity index (χ1v) is 8.61. The average Bonchev–Trinajstić information content (AvgIpc) is 2.65. The van der Waals surface area contributed by atoms with Gasteiger partial charge >= 0.3 is 0 Å². The molecule has 0 unspecified atom stereocenters. The van der Waals surface area contributed by atoms with E-state index in [9.17, 15) is 0 Å². The van der Waals surface area contributed by atoms with Crippen molar-refractivity contribution >= 4 is 39.9 Å². The zero-order valence-corrected chi connectivity index (χ0v) is 15.0. The first-order chi connectivity index (χ1) is 12.6. The average molecular weight is 382 g/mol. The van der Waals surface area contributed by atoms with Crippen molar-refractivity contribution in [3.63, 3.8) is 0 Å². The molecule has 4 nitrogen and oxygen atoms in total. The third-order valence-corrected chi connectivity index (χ3v) is 4.40. The Bertz CT molecular complexity index is 1100. The van der Waals surface area contributed by atoms with Crippen LogP contribution in [0.3, 0.4) is 0 Å². The number of ether oxygens (including phenoxy) is 1. The summed E-state index contributed by atoms with van der Waals surface area (Å²) in [4.78, 5) is 8.98. The molecular formula is C20H13Cl2N3O. The minimum absolute atomic E-state index is 0.451. The fourth-order valence-electron chi connectivity index (χ4n) is 2.59. The van der Waals surface area contributed by atoms with E-state index < -0.39 is 0 Å². The van der Waals surface area contributed by atoms with E-state index in [1.165, 1.54) is 0 Å². The molecule has 0 bridgehead atoms. The van der Waals surface area contributed by atoms with E-state index in [0.29, 0.717) is 33.2 Å². The maximum absolute atomic E-state index is 6.14. The van der Waals surface area contributed by atoms with Crippen LogP contribution >= 0.6 is 23.2 Å². The third-order valence-electron chi connectivity index (χ3n) is 3.87. The number of rotatable bonds is 3. The lowest BCUT2D eigenvalue weighted by atomic mass is 10.2. The molecule has 0 aliphatic rings. The number of nitrogens with zero attached hydrogens (tertiary/aromatic N) is 2. The number of nitrogens with two attached hydrogens (primary N) is 1. The zero-order valence-electron chi connectivity index (χ0n) is 13.5. The normalized spacial score (nSPS) is 10.8. The molecule has 0 saturated carbocycles. The summed E-state index contributed by atoms with van der Waals surface area (Å²) in [5, 5.41) is 1.85. The molecule has 0 saturated heterocycles. The van der Waals surface area contributed by atoms with Gasteiger partial charge in [-0.1, -0.05) is 35.3 Å². The maximum atomic E-state index is 6.14. The molecule has 1 heterocycles. The van der Waals surface area contributed by atoms with Crippen LogP contribution < -0.4 is 10.5 Å². The van der Waals surface area contributed by atoms with Crippen LogP contribution in [0.25, 0.3) is 22.3 Å². The number of benzene rings is 3. The van der Waals surface area contributed by atoms with E-state index in [-0.39, 0.29) is 0 Å². The van der Waals surface area contributed by atoms with E-state index >= 15 is 0 Å². The zero-order chi connectivity index (χ0) is 18.1. The second-order valence-electron chi connectivity index (χ2n) is 5.65. The van der Waals surface area contributed by atoms with Gasteiger partial charge in [0.25, 0.3) is 0 Å². The summed E-state index contributed by atoms with van der Waals surface area (Å²) in [7, 11) is 0. The Balaban J connectivity index is 1.63. The lowest BCUT2D eigenvalue weighted by molar-refractivity contribution is 0.483. The Kier molecular flexibility index (Phi) is 4.37. The number of aromatic nitrogens is 2. The number of halogens is 2. The van der Waals surface area contributed by atoms with Gasteiger partial charge in [-0.15, -0.1) is 0 Å². The number of hydrogen-bond acceptors (Lipinski definition) is 4. The first-order valence-electron chi connectivity index (χ1n) is 7.86. The Morgan fingerprint density at radius 2 is 1.62 bits per heavy atom. The molecule has 0 aliphatic heterocycles. The molecule has 4 aromatic rings. The highest BCUT2D eigenvalue weighted by Gasteiger charge is 2.08. The summed E-state index contributed by atoms with van der Waals surface area (Å²) in [6, 6.07) is 20.2. The van der Waals surface area contributed by atoms with Crippen LogP contribution in [0.2, 0.25) is 10.0 Å². The first kappa shape index (κ1) is 16.6. The van der Waals surface area contributed by atoms with Gasteiger partial charge in [-0.2, -0.15) is 0 Å². The molecular weight excluding hydrogens is 369 g/mol. The van der Waals surface area contributed by atoms with Crippen LogP contribution in [-0.2, 0) is 0 Å². The van der Waals surface area contributed by atoms with Gasteiger partial charge in [-0.3, -0.25) is 0 Å². The molecule has 4 rings (SSSR count). The Morgan fingerprint density at radius 3 is 2.38 bits per heavy atom. The van der Waals surface area contributed by atoms with E-state index in [1.54, 1.807) is 18.2 Å². The summed E-state index contributed by atoms with van der Waals surface area (Å²) in [5.74, 6) is 2.21. The standard InChI is InChI=1S/C20H13Cl2N3O/c21-13-7-10-18(16(22)11-13)26-14-8-5-12(6-9-14)20-24-17-4-2-1-3-15(17)19(23)25-20/h1-11H,(H2,23,24,25). The predicted molar refractivity (Wildman–Crippen MR) is 106 cm³/mol. The number of nitrogen functional groups attached to an aromatic ring is 1. The van der Waals surface area contributed by atoms with Crippen molar-refractivity contribution in [3.05, 3.63) is 76.8 Å². The number of fused-ring (bicyclic) bond motifs is 1. The van der Waals surface area contributed by atoms with Gasteiger partial charge in [0, 0.05) is 16.0 Å². The highest BCUT2D eigenvalue weighted by molar-refractivity contribution is 6.35. The Hall–Kier alpha value is -2.82. The minimum atomic E-state index is 0.451. The fourth-order valence-corrected chi connectivity index (χ4v) is 3.03. The minimum Gasteiger partial charge on any atom is -0.456 e. The van der Waals surface area contributed by atoms with Crippen LogP contribution in [0.1, 0.15) is 0 Å². The van der Waals surface area contributed by atoms with E-state index in [4.69, 9.17) is 33.7 Å². The molecule has 128 valence electrons. The van der Waals surface area contributed by atoms with Crippen molar-refractivity contribution in [2.75, 3.05) is 5.73 Å². The van der Waals surface area contributed by atoms with Crippen molar-refractivity contribution in [3.8, 4) is 22.9 Å². The van der Waals surface area contributed by atoms with Gasteiger partial charge in [0.2, 0.25) is 0 Å². The second kappa shape index (κ2) is 6.83. The topological polar surface area (TPSA) is 61.0 Å². The van der Waals surface area contributed by atoms with Crippen molar-refractivity contribution in [2.24, 2.45) is 0 Å². The van der Waals surface area contributed by atoms with Crippen molar-refractivity contribution in [1.82, 2.24) is 9.97 Å². The second-order valence-corrected chi connectivity index (χ2v) is 6.49. The van der Waals surface area contributed by atoms with E-state index in [2.05, 4.69) is 9.97 Å². The van der Waals surface area contributed by atoms with Crippen molar-refractivity contribution in [2.45, 2.75) is 0 Å². The molecule has 2 N–H and O–H groups in total. The lowest BCUT2D eigenvalue weighted by Crippen LogP contribution is -1.97. The largest absolute Gasteiger partial charge is 0.456 e. The summed E-state index contributed by atoms with van der Waals surface area (Å²) in [6.07, 6.45) is 0. The van der Waals surface area contributed by atoms with Crippen LogP contribution in [0, 0.1) is 0 Å². The molecule has 6 heteroatoms. The fraction of sp³-hybridized carbons (Fsp3) is 0. The molecule has 0 spiro atoms. The van der Waals surface area contributed by atoms with Gasteiger partial charge in [0.15, 0.2) is 5.82 Å². The SMILES string of the molecule is Nc1nc(-c2ccc(Oc3ccc(Cl)cc3Cl)cc2)nc2ccccc12. The number of anilines is 1. The predicted octanol–water partition coefficient (Wildman–Crippen LogP) is 5.98. The van der Waals surface area contributed by atoms with Gasteiger partial charge in [-0.25, -0.2) is 9.97 Å². The summed E-state index contributed by atoms with van der Waals surface area (Å²) >= 11 is 12.0.